The van der Waals surface area contributed by atoms with Gasteiger partial charge in [-0.1, -0.05) is 30.1 Å². The molecule has 0 bridgehead atoms. The molecule has 1 unspecified atom stereocenters. The van der Waals surface area contributed by atoms with Crippen LogP contribution < -0.4 is 16.0 Å². The van der Waals surface area contributed by atoms with Crippen LogP contribution in [0.4, 0.5) is 21.7 Å². The van der Waals surface area contributed by atoms with Crippen LogP contribution in [-0.4, -0.2) is 52.5 Å². The highest BCUT2D eigenvalue weighted by atomic mass is 35.5. The highest BCUT2D eigenvalue weighted by Crippen LogP contribution is 2.31. The van der Waals surface area contributed by atoms with Crippen molar-refractivity contribution >= 4 is 46.4 Å². The lowest BCUT2D eigenvalue weighted by Gasteiger charge is -2.46. The van der Waals surface area contributed by atoms with Crippen LogP contribution >= 0.6 is 23.2 Å². The maximum atomic E-state index is 14.5. The zero-order chi connectivity index (χ0) is 22.1. The van der Waals surface area contributed by atoms with Gasteiger partial charge in [0.2, 0.25) is 11.7 Å². The van der Waals surface area contributed by atoms with Gasteiger partial charge in [-0.3, -0.25) is 4.79 Å². The number of benzene rings is 1. The largest absolute Gasteiger partial charge is 0.381 e. The van der Waals surface area contributed by atoms with Crippen molar-refractivity contribution in [2.45, 2.75) is 38.3 Å². The molecule has 1 aromatic heterocycles. The van der Waals surface area contributed by atoms with Crippen LogP contribution in [0.3, 0.4) is 0 Å². The standard InChI is InChI=1S/C21H25Cl2FN6O/c1-12-4-6-29(20-18(24)19(25)26-11-27-20)10-17(12)30-5-2-3-16(21(30)31)28-15-8-13(22)7-14(23)9-15/h7-9,11-12,16-17,28H,2-6,10H2,1H3,(H2,25,26,27)/t12-,16?,17-/m0/s1. The second-order valence-electron chi connectivity index (χ2n) is 8.20. The zero-order valence-corrected chi connectivity index (χ0v) is 18.7. The molecule has 10 heteroatoms. The van der Waals surface area contributed by atoms with Crippen LogP contribution in [0.2, 0.25) is 10.0 Å². The number of hydrogen-bond acceptors (Lipinski definition) is 6. The van der Waals surface area contributed by atoms with Gasteiger partial charge in [0.05, 0.1) is 6.04 Å². The van der Waals surface area contributed by atoms with Gasteiger partial charge in [-0.2, -0.15) is 4.39 Å². The number of nitrogen functional groups attached to an aromatic ring is 1. The molecule has 3 atom stereocenters. The normalized spacial score (nSPS) is 24.4. The molecule has 31 heavy (non-hydrogen) atoms. The number of amides is 1. The number of likely N-dealkylation sites (tertiary alicyclic amines) is 1. The summed E-state index contributed by atoms with van der Waals surface area (Å²) >= 11 is 12.2. The molecule has 0 saturated carbocycles. The molecule has 0 spiro atoms. The van der Waals surface area contributed by atoms with Crippen molar-refractivity contribution in [2.75, 3.05) is 35.6 Å². The number of anilines is 3. The van der Waals surface area contributed by atoms with Crippen molar-refractivity contribution in [1.82, 2.24) is 14.9 Å². The second kappa shape index (κ2) is 9.04. The minimum Gasteiger partial charge on any atom is -0.381 e. The summed E-state index contributed by atoms with van der Waals surface area (Å²) in [6.07, 6.45) is 3.68. The Hall–Kier alpha value is -2.32. The Morgan fingerprint density at radius 2 is 1.90 bits per heavy atom. The van der Waals surface area contributed by atoms with Crippen LogP contribution in [0.1, 0.15) is 26.2 Å². The summed E-state index contributed by atoms with van der Waals surface area (Å²) < 4.78 is 14.5. The highest BCUT2D eigenvalue weighted by molar-refractivity contribution is 6.35. The van der Waals surface area contributed by atoms with Crippen molar-refractivity contribution in [3.05, 3.63) is 40.4 Å². The average Bonchev–Trinajstić information content (AvgIpc) is 2.72. The maximum Gasteiger partial charge on any atom is 0.245 e. The molecule has 2 saturated heterocycles. The first kappa shape index (κ1) is 21.9. The lowest BCUT2D eigenvalue weighted by molar-refractivity contribution is -0.138. The molecule has 3 heterocycles. The molecule has 4 rings (SSSR count). The Balaban J connectivity index is 1.51. The molecule has 2 aromatic rings. The first-order valence-electron chi connectivity index (χ1n) is 10.4. The van der Waals surface area contributed by atoms with E-state index in [2.05, 4.69) is 22.2 Å². The third kappa shape index (κ3) is 4.65. The van der Waals surface area contributed by atoms with E-state index in [1.165, 1.54) is 6.33 Å². The Labute approximate surface area is 190 Å². The highest BCUT2D eigenvalue weighted by Gasteiger charge is 2.39. The van der Waals surface area contributed by atoms with Crippen molar-refractivity contribution in [2.24, 2.45) is 5.92 Å². The predicted molar refractivity (Wildman–Crippen MR) is 121 cm³/mol. The summed E-state index contributed by atoms with van der Waals surface area (Å²) in [4.78, 5) is 24.9. The van der Waals surface area contributed by atoms with Crippen LogP contribution in [0.5, 0.6) is 0 Å². The lowest BCUT2D eigenvalue weighted by Crippen LogP contribution is -2.59. The summed E-state index contributed by atoms with van der Waals surface area (Å²) in [6.45, 7) is 3.95. The van der Waals surface area contributed by atoms with Gasteiger partial charge in [0.25, 0.3) is 0 Å². The average molecular weight is 467 g/mol. The summed E-state index contributed by atoms with van der Waals surface area (Å²) in [5.74, 6) is -0.278. The monoisotopic (exact) mass is 466 g/mol. The zero-order valence-electron chi connectivity index (χ0n) is 17.2. The van der Waals surface area contributed by atoms with Gasteiger partial charge in [-0.15, -0.1) is 0 Å². The third-order valence-electron chi connectivity index (χ3n) is 6.09. The number of nitrogens with zero attached hydrogens (tertiary/aromatic N) is 4. The molecule has 2 fully saturated rings. The minimum absolute atomic E-state index is 0.0312. The number of nitrogens with one attached hydrogen (secondary N) is 1. The molecule has 2 aliphatic heterocycles. The topological polar surface area (TPSA) is 87.4 Å². The molecule has 1 amide bonds. The first-order chi connectivity index (χ1) is 14.8. The van der Waals surface area contributed by atoms with Gasteiger partial charge < -0.3 is 20.9 Å². The Bertz CT molecular complexity index is 957. The van der Waals surface area contributed by atoms with E-state index in [-0.39, 0.29) is 35.5 Å². The summed E-state index contributed by atoms with van der Waals surface area (Å²) in [5.41, 5.74) is 6.34. The van der Waals surface area contributed by atoms with E-state index in [0.717, 1.165) is 24.9 Å². The number of aromatic nitrogens is 2. The van der Waals surface area contributed by atoms with Crippen molar-refractivity contribution in [3.8, 4) is 0 Å². The number of nitrogens with two attached hydrogens (primary N) is 1. The molecular weight excluding hydrogens is 442 g/mol. The quantitative estimate of drug-likeness (QED) is 0.711. The van der Waals surface area contributed by atoms with E-state index in [1.54, 1.807) is 18.2 Å². The van der Waals surface area contributed by atoms with Crippen LogP contribution in [-0.2, 0) is 4.79 Å². The van der Waals surface area contributed by atoms with Crippen LogP contribution in [0.25, 0.3) is 0 Å². The lowest BCUT2D eigenvalue weighted by atomic mass is 9.89. The number of carbonyl (C=O) groups is 1. The van der Waals surface area contributed by atoms with Gasteiger partial charge in [0, 0.05) is 35.4 Å². The molecule has 0 radical (unpaired) electrons. The number of carbonyl (C=O) groups excluding carboxylic acids is 1. The molecule has 3 N–H and O–H groups in total. The van der Waals surface area contributed by atoms with E-state index in [4.69, 9.17) is 28.9 Å². The minimum atomic E-state index is -0.613. The molecule has 7 nitrogen and oxygen atoms in total. The second-order valence-corrected chi connectivity index (χ2v) is 9.08. The Kier molecular flexibility index (Phi) is 6.39. The van der Waals surface area contributed by atoms with Gasteiger partial charge in [0.15, 0.2) is 11.6 Å². The first-order valence-corrected chi connectivity index (χ1v) is 11.1. The predicted octanol–water partition coefficient (Wildman–Crippen LogP) is 3.82. The third-order valence-corrected chi connectivity index (χ3v) is 6.53. The van der Waals surface area contributed by atoms with E-state index < -0.39 is 5.82 Å². The fourth-order valence-corrected chi connectivity index (χ4v) is 4.97. The molecular formula is C21H25Cl2FN6O. The smallest absolute Gasteiger partial charge is 0.245 e. The van der Waals surface area contributed by atoms with E-state index in [0.29, 0.717) is 29.7 Å². The van der Waals surface area contributed by atoms with Crippen molar-refractivity contribution < 1.29 is 9.18 Å². The SMILES string of the molecule is C[C@H]1CCN(c2ncnc(N)c2F)C[C@@H]1N1CCCC(Nc2cc(Cl)cc(Cl)c2)C1=O. The molecule has 1 aromatic carbocycles. The van der Waals surface area contributed by atoms with Crippen molar-refractivity contribution in [1.29, 1.82) is 0 Å². The summed E-state index contributed by atoms with van der Waals surface area (Å²) in [7, 11) is 0. The fraction of sp³-hybridized carbons (Fsp3) is 0.476. The fourth-order valence-electron chi connectivity index (χ4n) is 4.44. The molecule has 166 valence electrons. The summed E-state index contributed by atoms with van der Waals surface area (Å²) in [5, 5.41) is 4.31. The van der Waals surface area contributed by atoms with Gasteiger partial charge in [0.1, 0.15) is 12.4 Å². The van der Waals surface area contributed by atoms with E-state index >= 15 is 0 Å². The van der Waals surface area contributed by atoms with Gasteiger partial charge in [-0.05, 0) is 43.4 Å². The van der Waals surface area contributed by atoms with E-state index in [9.17, 15) is 9.18 Å². The van der Waals surface area contributed by atoms with Gasteiger partial charge in [-0.25, -0.2) is 9.97 Å². The number of hydrogen-bond donors (Lipinski definition) is 2. The molecule has 0 aliphatic carbocycles. The number of rotatable bonds is 4. The Morgan fingerprint density at radius 3 is 2.65 bits per heavy atom. The van der Waals surface area contributed by atoms with Crippen LogP contribution in [0, 0.1) is 11.7 Å². The Morgan fingerprint density at radius 1 is 1.16 bits per heavy atom. The van der Waals surface area contributed by atoms with Gasteiger partial charge >= 0.3 is 0 Å². The number of piperidine rings is 2. The van der Waals surface area contributed by atoms with Crippen molar-refractivity contribution in [3.63, 3.8) is 0 Å². The molecule has 2 aliphatic rings. The van der Waals surface area contributed by atoms with E-state index in [1.807, 2.05) is 9.80 Å². The maximum absolute atomic E-state index is 14.5. The number of halogens is 3. The van der Waals surface area contributed by atoms with Crippen LogP contribution in [0.15, 0.2) is 24.5 Å². The summed E-state index contributed by atoms with van der Waals surface area (Å²) in [6, 6.07) is 4.75.